The van der Waals surface area contributed by atoms with E-state index in [-0.39, 0.29) is 12.5 Å². The number of piperidine rings is 1. The average Bonchev–Trinajstić information content (AvgIpc) is 2.84. The summed E-state index contributed by atoms with van der Waals surface area (Å²) in [6.07, 6.45) is 3.60. The molecule has 0 N–H and O–H groups in total. The lowest BCUT2D eigenvalue weighted by atomic mass is 9.86. The first kappa shape index (κ1) is 24.7. The Morgan fingerprint density at radius 2 is 1.88 bits per heavy atom. The molecule has 2 aliphatic heterocycles. The van der Waals surface area contributed by atoms with Crippen LogP contribution in [0.15, 0.2) is 30.3 Å². The van der Waals surface area contributed by atoms with E-state index in [1.807, 2.05) is 18.2 Å². The molecule has 0 bridgehead atoms. The third-order valence-electron chi connectivity index (χ3n) is 7.43. The maximum atomic E-state index is 11.9. The van der Waals surface area contributed by atoms with E-state index in [4.69, 9.17) is 21.1 Å². The molecule has 2 atom stereocenters. The molecule has 2 saturated heterocycles. The Morgan fingerprint density at radius 3 is 2.62 bits per heavy atom. The second kappa shape index (κ2) is 10.4. The molecule has 2 aromatic carbocycles. The lowest BCUT2D eigenvalue weighted by Gasteiger charge is -2.49. The van der Waals surface area contributed by atoms with E-state index >= 15 is 0 Å². The van der Waals surface area contributed by atoms with Gasteiger partial charge in [-0.2, -0.15) is 0 Å². The minimum Gasteiger partial charge on any atom is -0.495 e. The molecule has 7 heteroatoms. The third kappa shape index (κ3) is 4.98. The number of likely N-dealkylation sites (N-methyl/N-ethyl adjacent to an activating group) is 1. The van der Waals surface area contributed by atoms with Crippen LogP contribution >= 0.6 is 11.6 Å². The number of hydrogen-bond donors (Lipinski definition) is 0. The van der Waals surface area contributed by atoms with Crippen molar-refractivity contribution in [1.82, 2.24) is 9.80 Å². The first-order valence-electron chi connectivity index (χ1n) is 12.1. The number of piperazine rings is 1. The molecular weight excluding hydrogens is 450 g/mol. The minimum atomic E-state index is -0.0348. The van der Waals surface area contributed by atoms with Crippen LogP contribution in [0.4, 0.5) is 5.69 Å². The predicted octanol–water partition coefficient (Wildman–Crippen LogP) is 4.85. The zero-order valence-electron chi connectivity index (χ0n) is 20.9. The van der Waals surface area contributed by atoms with Crippen molar-refractivity contribution in [2.24, 2.45) is 0 Å². The predicted molar refractivity (Wildman–Crippen MR) is 137 cm³/mol. The molecule has 0 radical (unpaired) electrons. The van der Waals surface area contributed by atoms with E-state index < -0.39 is 0 Å². The highest BCUT2D eigenvalue weighted by Gasteiger charge is 2.36. The van der Waals surface area contributed by atoms with E-state index in [0.717, 1.165) is 36.7 Å². The lowest BCUT2D eigenvalue weighted by molar-refractivity contribution is -0.130. The summed E-state index contributed by atoms with van der Waals surface area (Å²) in [5.74, 6) is 1.49. The molecule has 184 valence electrons. The largest absolute Gasteiger partial charge is 0.495 e. The molecular formula is C27H36ClN3O3. The van der Waals surface area contributed by atoms with Gasteiger partial charge in [0.2, 0.25) is 0 Å². The number of benzene rings is 2. The Bertz CT molecular complexity index is 1040. The van der Waals surface area contributed by atoms with Gasteiger partial charge in [-0.1, -0.05) is 17.7 Å². The van der Waals surface area contributed by atoms with Crippen LogP contribution in [0, 0.1) is 13.8 Å². The number of methoxy groups -OCH3 is 1. The highest BCUT2D eigenvalue weighted by Crippen LogP contribution is 2.40. The van der Waals surface area contributed by atoms with Gasteiger partial charge < -0.3 is 19.3 Å². The van der Waals surface area contributed by atoms with Crippen LogP contribution in [0.25, 0.3) is 0 Å². The van der Waals surface area contributed by atoms with Crippen molar-refractivity contribution < 1.29 is 14.3 Å². The van der Waals surface area contributed by atoms with Crippen molar-refractivity contribution in [2.75, 3.05) is 52.3 Å². The fourth-order valence-electron chi connectivity index (χ4n) is 5.27. The summed E-state index contributed by atoms with van der Waals surface area (Å²) in [5.41, 5.74) is 4.95. The number of rotatable bonds is 6. The number of anilines is 1. The molecule has 0 saturated carbocycles. The normalized spacial score (nSPS) is 20.6. The summed E-state index contributed by atoms with van der Waals surface area (Å²) in [7, 11) is 5.15. The fraction of sp³-hybridized carbons (Fsp3) is 0.519. The third-order valence-corrected chi connectivity index (χ3v) is 7.74. The molecule has 1 amide bonds. The van der Waals surface area contributed by atoms with Gasteiger partial charge in [-0.3, -0.25) is 9.69 Å². The highest BCUT2D eigenvalue weighted by atomic mass is 35.5. The number of nitrogens with zero attached hydrogens (tertiary/aromatic N) is 3. The zero-order chi connectivity index (χ0) is 24.4. The Morgan fingerprint density at radius 1 is 1.09 bits per heavy atom. The molecule has 2 aromatic rings. The van der Waals surface area contributed by atoms with Gasteiger partial charge in [0.25, 0.3) is 5.91 Å². The van der Waals surface area contributed by atoms with Gasteiger partial charge in [0.05, 0.1) is 12.1 Å². The van der Waals surface area contributed by atoms with E-state index in [2.05, 4.69) is 35.8 Å². The maximum absolute atomic E-state index is 11.9. The maximum Gasteiger partial charge on any atom is 0.259 e. The number of amides is 1. The molecule has 2 heterocycles. The summed E-state index contributed by atoms with van der Waals surface area (Å²) >= 11 is 6.24. The van der Waals surface area contributed by atoms with Crippen molar-refractivity contribution in [3.05, 3.63) is 52.0 Å². The SMILES string of the molecule is COc1cc(N2CCN3C(CCCC3c3ccc(OCC(=O)N(C)C)c(C)c3C)C2)ccc1Cl. The monoisotopic (exact) mass is 485 g/mol. The average molecular weight is 486 g/mol. The summed E-state index contributed by atoms with van der Waals surface area (Å²) in [6, 6.07) is 11.2. The summed E-state index contributed by atoms with van der Waals surface area (Å²) in [6.45, 7) is 7.35. The number of carbonyl (C=O) groups is 1. The molecule has 4 rings (SSSR count). The zero-order valence-corrected chi connectivity index (χ0v) is 21.7. The van der Waals surface area contributed by atoms with Crippen LogP contribution in [0.3, 0.4) is 0 Å². The summed E-state index contributed by atoms with van der Waals surface area (Å²) in [4.78, 5) is 18.7. The molecule has 2 unspecified atom stereocenters. The molecule has 0 spiro atoms. The standard InChI is InChI=1S/C27H36ClN3O3/c1-18-19(2)25(34-17-27(32)29(3)4)12-10-22(18)24-8-6-7-21-16-30(13-14-31(21)24)20-9-11-23(28)26(15-20)33-5/h9-12,15,21,24H,6-8,13-14,16-17H2,1-5H3. The van der Waals surface area contributed by atoms with Crippen molar-refractivity contribution in [1.29, 1.82) is 0 Å². The lowest BCUT2D eigenvalue weighted by Crippen LogP contribution is -2.56. The Kier molecular flexibility index (Phi) is 7.58. The van der Waals surface area contributed by atoms with Gasteiger partial charge >= 0.3 is 0 Å². The number of carbonyl (C=O) groups excluding carboxylic acids is 1. The fourth-order valence-corrected chi connectivity index (χ4v) is 5.46. The van der Waals surface area contributed by atoms with E-state index in [1.165, 1.54) is 36.1 Å². The second-order valence-electron chi connectivity index (χ2n) is 9.58. The van der Waals surface area contributed by atoms with Crippen molar-refractivity contribution in [2.45, 2.75) is 45.2 Å². The van der Waals surface area contributed by atoms with Crippen LogP contribution in [-0.4, -0.2) is 69.2 Å². The van der Waals surface area contributed by atoms with Gasteiger partial charge in [-0.15, -0.1) is 0 Å². The Labute approximate surface area is 208 Å². The molecule has 2 fully saturated rings. The van der Waals surface area contributed by atoms with Crippen LogP contribution in [-0.2, 0) is 4.79 Å². The van der Waals surface area contributed by atoms with E-state index in [1.54, 1.807) is 26.1 Å². The second-order valence-corrected chi connectivity index (χ2v) is 9.99. The quantitative estimate of drug-likeness (QED) is 0.585. The van der Waals surface area contributed by atoms with Gasteiger partial charge in [0.15, 0.2) is 6.61 Å². The first-order chi connectivity index (χ1) is 16.3. The van der Waals surface area contributed by atoms with Crippen LogP contribution < -0.4 is 14.4 Å². The highest BCUT2D eigenvalue weighted by molar-refractivity contribution is 6.32. The van der Waals surface area contributed by atoms with Crippen LogP contribution in [0.5, 0.6) is 11.5 Å². The number of fused-ring (bicyclic) bond motifs is 1. The molecule has 2 aliphatic rings. The van der Waals surface area contributed by atoms with Crippen molar-refractivity contribution in [3.8, 4) is 11.5 Å². The van der Waals surface area contributed by atoms with Crippen molar-refractivity contribution in [3.63, 3.8) is 0 Å². The van der Waals surface area contributed by atoms with Gasteiger partial charge in [0.1, 0.15) is 11.5 Å². The van der Waals surface area contributed by atoms with E-state index in [0.29, 0.717) is 17.1 Å². The molecule has 0 aliphatic carbocycles. The molecule has 34 heavy (non-hydrogen) atoms. The van der Waals surface area contributed by atoms with Crippen LogP contribution in [0.2, 0.25) is 5.02 Å². The Balaban J connectivity index is 1.49. The van der Waals surface area contributed by atoms with Gasteiger partial charge in [-0.05, 0) is 68.0 Å². The van der Waals surface area contributed by atoms with Crippen LogP contribution in [0.1, 0.15) is 42.0 Å². The topological polar surface area (TPSA) is 45.3 Å². The Hall–Kier alpha value is -2.44. The van der Waals surface area contributed by atoms with Gasteiger partial charge in [-0.25, -0.2) is 0 Å². The van der Waals surface area contributed by atoms with Crippen molar-refractivity contribution >= 4 is 23.2 Å². The minimum absolute atomic E-state index is 0.0348. The summed E-state index contributed by atoms with van der Waals surface area (Å²) < 4.78 is 11.3. The van der Waals surface area contributed by atoms with E-state index in [9.17, 15) is 4.79 Å². The van der Waals surface area contributed by atoms with Gasteiger partial charge in [0, 0.05) is 57.6 Å². The first-order valence-corrected chi connectivity index (χ1v) is 12.4. The smallest absolute Gasteiger partial charge is 0.259 e. The summed E-state index contributed by atoms with van der Waals surface area (Å²) in [5, 5.41) is 0.645. The number of hydrogen-bond acceptors (Lipinski definition) is 5. The number of ether oxygens (including phenoxy) is 2. The number of halogens is 1. The molecule has 0 aromatic heterocycles. The molecule has 6 nitrogen and oxygen atoms in total.